The zero-order valence-electron chi connectivity index (χ0n) is 10.7. The van der Waals surface area contributed by atoms with Crippen LogP contribution < -0.4 is 5.32 Å². The highest BCUT2D eigenvalue weighted by Gasteiger charge is 2.18. The summed E-state index contributed by atoms with van der Waals surface area (Å²) in [6, 6.07) is 3.81. The van der Waals surface area contributed by atoms with E-state index in [4.69, 9.17) is 0 Å². The molecule has 0 fully saturated rings. The van der Waals surface area contributed by atoms with E-state index < -0.39 is 0 Å². The van der Waals surface area contributed by atoms with Crippen molar-refractivity contribution in [2.75, 3.05) is 31.4 Å². The fourth-order valence-corrected chi connectivity index (χ4v) is 2.14. The van der Waals surface area contributed by atoms with Crippen molar-refractivity contribution in [1.29, 1.82) is 0 Å². The minimum Gasteiger partial charge on any atom is -0.388 e. The predicted molar refractivity (Wildman–Crippen MR) is 73.7 cm³/mol. The summed E-state index contributed by atoms with van der Waals surface area (Å²) in [5, 5.41) is 3.00. The molecule has 1 aromatic heterocycles. The quantitative estimate of drug-likeness (QED) is 0.871. The van der Waals surface area contributed by atoms with Crippen LogP contribution in [0.5, 0.6) is 0 Å². The highest BCUT2D eigenvalue weighted by molar-refractivity contribution is 7.98. The summed E-state index contributed by atoms with van der Waals surface area (Å²) in [6.45, 7) is 2.04. The Balaban J connectivity index is 2.80. The van der Waals surface area contributed by atoms with Gasteiger partial charge in [-0.3, -0.25) is 9.78 Å². The van der Waals surface area contributed by atoms with E-state index in [9.17, 15) is 4.79 Å². The van der Waals surface area contributed by atoms with Crippen molar-refractivity contribution in [3.63, 3.8) is 0 Å². The van der Waals surface area contributed by atoms with E-state index in [0.717, 1.165) is 11.4 Å². The Hall–Kier alpha value is -1.23. The number of aromatic nitrogens is 1. The molecule has 0 radical (unpaired) electrons. The van der Waals surface area contributed by atoms with Crippen LogP contribution in [-0.4, -0.2) is 47.9 Å². The van der Waals surface area contributed by atoms with Gasteiger partial charge < -0.3 is 10.2 Å². The molecule has 4 nitrogen and oxygen atoms in total. The molecular weight excluding hydrogens is 234 g/mol. The fraction of sp³-hybridized carbons (Fsp3) is 0.500. The molecular formula is C12H19N3OS. The molecule has 0 aliphatic carbocycles. The second-order valence-electron chi connectivity index (χ2n) is 3.90. The van der Waals surface area contributed by atoms with Gasteiger partial charge in [-0.2, -0.15) is 11.8 Å². The fourth-order valence-electron chi connectivity index (χ4n) is 1.44. The van der Waals surface area contributed by atoms with Crippen molar-refractivity contribution in [1.82, 2.24) is 9.88 Å². The summed E-state index contributed by atoms with van der Waals surface area (Å²) >= 11 is 1.73. The molecule has 0 aliphatic heterocycles. The maximum atomic E-state index is 12.2. The maximum absolute atomic E-state index is 12.2. The number of carbonyl (C=O) groups is 1. The van der Waals surface area contributed by atoms with Gasteiger partial charge in [-0.15, -0.1) is 0 Å². The molecule has 94 valence electrons. The van der Waals surface area contributed by atoms with Crippen molar-refractivity contribution in [3.8, 4) is 0 Å². The summed E-state index contributed by atoms with van der Waals surface area (Å²) in [5.74, 6) is 0.886. The number of thioether (sulfide) groups is 1. The molecule has 1 N–H and O–H groups in total. The standard InChI is InChI=1S/C12H19N3OS/c1-9(8-17-4)15(3)12(16)11-7-10(13-2)5-6-14-11/h5-7,9H,8H2,1-4H3,(H,13,14). The topological polar surface area (TPSA) is 45.2 Å². The molecule has 1 aromatic rings. The Bertz CT molecular complexity index is 384. The number of rotatable bonds is 5. The van der Waals surface area contributed by atoms with Crippen LogP contribution in [-0.2, 0) is 0 Å². The van der Waals surface area contributed by atoms with E-state index in [2.05, 4.69) is 10.3 Å². The predicted octanol–water partition coefficient (Wildman–Crippen LogP) is 1.95. The Kier molecular flexibility index (Phi) is 5.28. The summed E-state index contributed by atoms with van der Waals surface area (Å²) in [4.78, 5) is 18.0. The summed E-state index contributed by atoms with van der Waals surface area (Å²) in [5.41, 5.74) is 1.38. The molecule has 0 saturated carbocycles. The smallest absolute Gasteiger partial charge is 0.272 e. The second-order valence-corrected chi connectivity index (χ2v) is 4.81. The summed E-state index contributed by atoms with van der Waals surface area (Å²) < 4.78 is 0. The van der Waals surface area contributed by atoms with E-state index in [1.165, 1.54) is 0 Å². The molecule has 0 spiro atoms. The molecule has 5 heteroatoms. The van der Waals surface area contributed by atoms with Crippen LogP contribution in [0.2, 0.25) is 0 Å². The van der Waals surface area contributed by atoms with Gasteiger partial charge in [-0.1, -0.05) is 0 Å². The number of nitrogens with zero attached hydrogens (tertiary/aromatic N) is 2. The molecule has 1 unspecified atom stereocenters. The van der Waals surface area contributed by atoms with Crippen LogP contribution in [0.25, 0.3) is 0 Å². The average molecular weight is 253 g/mol. The van der Waals surface area contributed by atoms with Gasteiger partial charge in [0.05, 0.1) is 0 Å². The van der Waals surface area contributed by atoms with E-state index in [0.29, 0.717) is 5.69 Å². The first-order chi connectivity index (χ1) is 8.10. The van der Waals surface area contributed by atoms with Crippen LogP contribution in [0.1, 0.15) is 17.4 Å². The largest absolute Gasteiger partial charge is 0.388 e. The lowest BCUT2D eigenvalue weighted by atomic mass is 10.2. The van der Waals surface area contributed by atoms with Crippen molar-refractivity contribution in [2.24, 2.45) is 0 Å². The number of hydrogen-bond donors (Lipinski definition) is 1. The van der Waals surface area contributed by atoms with Gasteiger partial charge in [0.1, 0.15) is 5.69 Å². The molecule has 17 heavy (non-hydrogen) atoms. The first-order valence-corrected chi connectivity index (χ1v) is 6.89. The van der Waals surface area contributed by atoms with Crippen molar-refractivity contribution < 1.29 is 4.79 Å². The Labute approximate surface area is 107 Å². The van der Waals surface area contributed by atoms with Crippen LogP contribution in [0, 0.1) is 0 Å². The van der Waals surface area contributed by atoms with Crippen molar-refractivity contribution >= 4 is 23.4 Å². The maximum Gasteiger partial charge on any atom is 0.272 e. The van der Waals surface area contributed by atoms with Gasteiger partial charge in [-0.25, -0.2) is 0 Å². The number of amides is 1. The third kappa shape index (κ3) is 3.63. The monoisotopic (exact) mass is 253 g/mol. The lowest BCUT2D eigenvalue weighted by molar-refractivity contribution is 0.0751. The first-order valence-electron chi connectivity index (χ1n) is 5.50. The SMILES string of the molecule is CNc1ccnc(C(=O)N(C)C(C)CSC)c1. The molecule has 1 heterocycles. The van der Waals surface area contributed by atoms with Gasteiger partial charge in [0.25, 0.3) is 5.91 Å². The number of pyridine rings is 1. The third-order valence-corrected chi connectivity index (χ3v) is 3.47. The van der Waals surface area contributed by atoms with Crippen molar-refractivity contribution in [3.05, 3.63) is 24.0 Å². The first kappa shape index (κ1) is 13.8. The molecule has 0 saturated heterocycles. The van der Waals surface area contributed by atoms with Crippen LogP contribution in [0.3, 0.4) is 0 Å². The minimum absolute atomic E-state index is 0.0383. The Morgan fingerprint density at radius 3 is 2.94 bits per heavy atom. The Morgan fingerprint density at radius 1 is 1.65 bits per heavy atom. The zero-order valence-corrected chi connectivity index (χ0v) is 11.5. The number of carbonyl (C=O) groups excluding carboxylic acids is 1. The van der Waals surface area contributed by atoms with E-state index in [-0.39, 0.29) is 11.9 Å². The van der Waals surface area contributed by atoms with E-state index in [1.54, 1.807) is 28.9 Å². The van der Waals surface area contributed by atoms with E-state index >= 15 is 0 Å². The highest BCUT2D eigenvalue weighted by atomic mass is 32.2. The summed E-state index contributed by atoms with van der Waals surface area (Å²) in [7, 11) is 3.64. The second kappa shape index (κ2) is 6.49. The van der Waals surface area contributed by atoms with Gasteiger partial charge in [0, 0.05) is 37.8 Å². The number of nitrogens with one attached hydrogen (secondary N) is 1. The molecule has 0 aromatic carbocycles. The normalized spacial score (nSPS) is 12.0. The Morgan fingerprint density at radius 2 is 2.35 bits per heavy atom. The minimum atomic E-state index is -0.0383. The van der Waals surface area contributed by atoms with Gasteiger partial charge in [-0.05, 0) is 25.3 Å². The van der Waals surface area contributed by atoms with Crippen LogP contribution >= 0.6 is 11.8 Å². The van der Waals surface area contributed by atoms with Crippen LogP contribution in [0.15, 0.2) is 18.3 Å². The van der Waals surface area contributed by atoms with Crippen molar-refractivity contribution in [2.45, 2.75) is 13.0 Å². The van der Waals surface area contributed by atoms with E-state index in [1.807, 2.05) is 33.3 Å². The lowest BCUT2D eigenvalue weighted by Crippen LogP contribution is -2.37. The number of anilines is 1. The third-order valence-electron chi connectivity index (χ3n) is 2.66. The molecule has 0 aliphatic rings. The zero-order chi connectivity index (χ0) is 12.8. The van der Waals surface area contributed by atoms with Gasteiger partial charge in [0.2, 0.25) is 0 Å². The van der Waals surface area contributed by atoms with Gasteiger partial charge >= 0.3 is 0 Å². The number of hydrogen-bond acceptors (Lipinski definition) is 4. The molecule has 1 atom stereocenters. The van der Waals surface area contributed by atoms with Crippen LogP contribution in [0.4, 0.5) is 5.69 Å². The van der Waals surface area contributed by atoms with Gasteiger partial charge in [0.15, 0.2) is 0 Å². The molecule has 1 amide bonds. The average Bonchev–Trinajstić information content (AvgIpc) is 2.37. The molecule has 0 bridgehead atoms. The lowest BCUT2D eigenvalue weighted by Gasteiger charge is -2.24. The highest BCUT2D eigenvalue weighted by Crippen LogP contribution is 2.11. The summed E-state index contributed by atoms with van der Waals surface area (Å²) in [6.07, 6.45) is 3.68. The molecule has 1 rings (SSSR count).